The molecule has 0 saturated heterocycles. The molecule has 0 heterocycles. The molecule has 0 atom stereocenters. The molecule has 0 radical (unpaired) electrons. The molecular formula is C9H7Br3. The first-order valence-corrected chi connectivity index (χ1v) is 5.76. The van der Waals surface area contributed by atoms with E-state index in [0.717, 1.165) is 13.4 Å². The fourth-order valence-electron chi connectivity index (χ4n) is 0.867. The van der Waals surface area contributed by atoms with E-state index in [2.05, 4.69) is 72.9 Å². The van der Waals surface area contributed by atoms with Gasteiger partial charge in [-0.3, -0.25) is 0 Å². The second-order valence-electron chi connectivity index (χ2n) is 2.46. The van der Waals surface area contributed by atoms with Gasteiger partial charge in [0.25, 0.3) is 0 Å². The monoisotopic (exact) mass is 352 g/mol. The molecule has 1 aromatic carbocycles. The van der Waals surface area contributed by atoms with Gasteiger partial charge >= 0.3 is 0 Å². The van der Waals surface area contributed by atoms with Crippen LogP contribution in [0.5, 0.6) is 0 Å². The highest BCUT2D eigenvalue weighted by Crippen LogP contribution is 2.24. The first-order chi connectivity index (χ1) is 5.59. The number of aryl methyl sites for hydroxylation is 1. The highest BCUT2D eigenvalue weighted by atomic mass is 79.9. The molecule has 0 amide bonds. The Morgan fingerprint density at radius 2 is 2.00 bits per heavy atom. The minimum Gasteiger partial charge on any atom is -0.0587 e. The van der Waals surface area contributed by atoms with Crippen LogP contribution in [0.3, 0.4) is 0 Å². The molecule has 1 aromatic rings. The molecule has 64 valence electrons. The Hall–Kier alpha value is 0.400. The molecular weight excluding hydrogens is 348 g/mol. The van der Waals surface area contributed by atoms with Gasteiger partial charge in [0.05, 0.1) is 3.39 Å². The average molecular weight is 355 g/mol. The average Bonchev–Trinajstić information content (AvgIpc) is 1.94. The molecule has 0 spiro atoms. The lowest BCUT2D eigenvalue weighted by molar-refractivity contribution is 1.44. The van der Waals surface area contributed by atoms with E-state index in [4.69, 9.17) is 0 Å². The van der Waals surface area contributed by atoms with Crippen molar-refractivity contribution in [2.75, 3.05) is 0 Å². The largest absolute Gasteiger partial charge is 0.0610 e. The molecule has 3 heteroatoms. The van der Waals surface area contributed by atoms with Crippen molar-refractivity contribution in [3.63, 3.8) is 0 Å². The molecule has 1 rings (SSSR count). The Balaban J connectivity index is 3.10. The molecule has 0 saturated carbocycles. The van der Waals surface area contributed by atoms with Gasteiger partial charge in [0.2, 0.25) is 0 Å². The summed E-state index contributed by atoms with van der Waals surface area (Å²) in [6.45, 7) is 2.07. The van der Waals surface area contributed by atoms with Crippen molar-refractivity contribution in [2.45, 2.75) is 6.92 Å². The molecule has 0 nitrogen and oxygen atoms in total. The van der Waals surface area contributed by atoms with E-state index in [-0.39, 0.29) is 0 Å². The van der Waals surface area contributed by atoms with Crippen LogP contribution >= 0.6 is 47.8 Å². The third kappa shape index (κ3) is 3.04. The van der Waals surface area contributed by atoms with Gasteiger partial charge < -0.3 is 0 Å². The summed E-state index contributed by atoms with van der Waals surface area (Å²) in [6.07, 6.45) is 2.00. The van der Waals surface area contributed by atoms with Crippen LogP contribution in [0.1, 0.15) is 11.1 Å². The van der Waals surface area contributed by atoms with Crippen molar-refractivity contribution in [2.24, 2.45) is 0 Å². The lowest BCUT2D eigenvalue weighted by atomic mass is 10.1. The molecule has 0 aliphatic rings. The number of halogens is 3. The van der Waals surface area contributed by atoms with Crippen molar-refractivity contribution in [3.8, 4) is 0 Å². The lowest BCUT2D eigenvalue weighted by Gasteiger charge is -1.99. The predicted octanol–water partition coefficient (Wildman–Crippen LogP) is 4.85. The summed E-state index contributed by atoms with van der Waals surface area (Å²) in [7, 11) is 0. The second kappa shape index (κ2) is 4.58. The Labute approximate surface area is 97.4 Å². The fourth-order valence-corrected chi connectivity index (χ4v) is 1.97. The van der Waals surface area contributed by atoms with Crippen LogP contribution in [0.25, 0.3) is 6.08 Å². The fraction of sp³-hybridized carbons (Fsp3) is 0.111. The molecule has 0 fully saturated rings. The predicted molar refractivity (Wildman–Crippen MR) is 64.7 cm³/mol. The smallest absolute Gasteiger partial charge is 0.0587 e. The zero-order valence-corrected chi connectivity index (χ0v) is 11.2. The maximum absolute atomic E-state index is 3.49. The minimum atomic E-state index is 0.944. The SMILES string of the molecule is Cc1ccc(C=C(Br)Br)c(Br)c1. The van der Waals surface area contributed by atoms with E-state index >= 15 is 0 Å². The van der Waals surface area contributed by atoms with Gasteiger partial charge in [0.15, 0.2) is 0 Å². The maximum atomic E-state index is 3.49. The van der Waals surface area contributed by atoms with Crippen molar-refractivity contribution in [1.82, 2.24) is 0 Å². The van der Waals surface area contributed by atoms with Crippen LogP contribution in [-0.2, 0) is 0 Å². The van der Waals surface area contributed by atoms with E-state index in [0.29, 0.717) is 0 Å². The summed E-state index contributed by atoms with van der Waals surface area (Å²) in [5.74, 6) is 0. The van der Waals surface area contributed by atoms with Crippen LogP contribution in [0.2, 0.25) is 0 Å². The third-order valence-electron chi connectivity index (χ3n) is 1.42. The van der Waals surface area contributed by atoms with Gasteiger partial charge in [-0.25, -0.2) is 0 Å². The zero-order valence-electron chi connectivity index (χ0n) is 6.44. The van der Waals surface area contributed by atoms with Gasteiger partial charge in [-0.15, -0.1) is 0 Å². The van der Waals surface area contributed by atoms with Crippen LogP contribution in [0.4, 0.5) is 0 Å². The molecule has 0 aliphatic carbocycles. The van der Waals surface area contributed by atoms with Gasteiger partial charge in [-0.1, -0.05) is 28.1 Å². The normalized spacial score (nSPS) is 9.67. The molecule has 0 unspecified atom stereocenters. The topological polar surface area (TPSA) is 0 Å². The standard InChI is InChI=1S/C9H7Br3/c1-6-2-3-7(5-9(11)12)8(10)4-6/h2-5H,1H3. The van der Waals surface area contributed by atoms with E-state index in [1.807, 2.05) is 6.08 Å². The summed E-state index contributed by atoms with van der Waals surface area (Å²) in [6, 6.07) is 6.25. The Morgan fingerprint density at radius 1 is 1.33 bits per heavy atom. The number of benzene rings is 1. The van der Waals surface area contributed by atoms with Gasteiger partial charge in [0.1, 0.15) is 0 Å². The Bertz CT molecular complexity index is 312. The van der Waals surface area contributed by atoms with Crippen molar-refractivity contribution < 1.29 is 0 Å². The van der Waals surface area contributed by atoms with E-state index in [1.54, 1.807) is 0 Å². The lowest BCUT2D eigenvalue weighted by Crippen LogP contribution is -1.77. The summed E-state index contributed by atoms with van der Waals surface area (Å²) in [5.41, 5.74) is 2.41. The molecule has 0 bridgehead atoms. The van der Waals surface area contributed by atoms with Crippen molar-refractivity contribution in [3.05, 3.63) is 37.2 Å². The van der Waals surface area contributed by atoms with E-state index < -0.39 is 0 Å². The Morgan fingerprint density at radius 3 is 2.50 bits per heavy atom. The quantitative estimate of drug-likeness (QED) is 0.676. The first-order valence-electron chi connectivity index (χ1n) is 3.38. The maximum Gasteiger partial charge on any atom is 0.0610 e. The van der Waals surface area contributed by atoms with Gasteiger partial charge in [-0.05, 0) is 62.1 Å². The van der Waals surface area contributed by atoms with Crippen LogP contribution in [0.15, 0.2) is 26.1 Å². The second-order valence-corrected chi connectivity index (χ2v) is 6.09. The molecule has 0 aliphatic heterocycles. The van der Waals surface area contributed by atoms with E-state index in [1.165, 1.54) is 5.56 Å². The molecule has 12 heavy (non-hydrogen) atoms. The number of hydrogen-bond acceptors (Lipinski definition) is 0. The summed E-state index contributed by atoms with van der Waals surface area (Å²) in [4.78, 5) is 0. The van der Waals surface area contributed by atoms with Crippen LogP contribution < -0.4 is 0 Å². The van der Waals surface area contributed by atoms with Crippen LogP contribution in [0, 0.1) is 6.92 Å². The first kappa shape index (κ1) is 10.5. The van der Waals surface area contributed by atoms with Crippen LogP contribution in [-0.4, -0.2) is 0 Å². The summed E-state index contributed by atoms with van der Waals surface area (Å²) < 4.78 is 2.05. The number of hydrogen-bond donors (Lipinski definition) is 0. The third-order valence-corrected chi connectivity index (χ3v) is 2.57. The Kier molecular flexibility index (Phi) is 4.00. The zero-order chi connectivity index (χ0) is 9.14. The van der Waals surface area contributed by atoms with Gasteiger partial charge in [-0.2, -0.15) is 0 Å². The number of rotatable bonds is 1. The minimum absolute atomic E-state index is 0.944. The molecule has 0 N–H and O–H groups in total. The van der Waals surface area contributed by atoms with E-state index in [9.17, 15) is 0 Å². The highest BCUT2D eigenvalue weighted by Gasteiger charge is 1.96. The highest BCUT2D eigenvalue weighted by molar-refractivity contribution is 9.28. The summed E-state index contributed by atoms with van der Waals surface area (Å²) in [5, 5.41) is 0. The van der Waals surface area contributed by atoms with Crippen molar-refractivity contribution >= 4 is 53.9 Å². The summed E-state index contributed by atoms with van der Waals surface area (Å²) >= 11 is 10.1. The van der Waals surface area contributed by atoms with Gasteiger partial charge in [0, 0.05) is 4.47 Å². The molecule has 0 aromatic heterocycles. The van der Waals surface area contributed by atoms with Crippen molar-refractivity contribution in [1.29, 1.82) is 0 Å².